The van der Waals surface area contributed by atoms with Crippen molar-refractivity contribution < 1.29 is 47.7 Å². The molecule has 0 heterocycles. The van der Waals surface area contributed by atoms with Crippen LogP contribution in [0.4, 0.5) is 0 Å². The van der Waals surface area contributed by atoms with E-state index in [2.05, 4.69) is 0 Å². The molecule has 2 aromatic carbocycles. The quantitative estimate of drug-likeness (QED) is 0.550. The molecule has 148 valence electrons. The number of hydrogen-bond donors (Lipinski definition) is 4. The van der Waals surface area contributed by atoms with Crippen LogP contribution in [0.15, 0.2) is 48.5 Å². The molecule has 2 aromatic rings. The molecular weight excluding hydrogens is 368 g/mol. The predicted molar refractivity (Wildman–Crippen MR) is 103 cm³/mol. The van der Waals surface area contributed by atoms with Gasteiger partial charge in [0.25, 0.3) is 0 Å². The van der Waals surface area contributed by atoms with Crippen molar-refractivity contribution in [2.45, 2.75) is 0 Å². The summed E-state index contributed by atoms with van der Waals surface area (Å²) in [5.41, 5.74) is -0.286. The number of carboxylic acid groups (broad SMARTS) is 2. The summed E-state index contributed by atoms with van der Waals surface area (Å²) in [5.74, 6) is -4.02. The van der Waals surface area contributed by atoms with E-state index in [0.29, 0.717) is 0 Å². The lowest BCUT2D eigenvalue weighted by Gasteiger charge is -2.02. The lowest BCUT2D eigenvalue weighted by Crippen LogP contribution is -1.86. The van der Waals surface area contributed by atoms with Gasteiger partial charge in [-0.1, -0.05) is 12.1 Å². The normalized spacial score (nSPS) is 14.8. The molecule has 28 heavy (non-hydrogen) atoms. The highest BCUT2D eigenvalue weighted by Gasteiger charge is 2.01. The number of hydrogen-bond acceptors (Lipinski definition) is 6. The Bertz CT molecular complexity index is 1080. The van der Waals surface area contributed by atoms with E-state index in [9.17, 15) is 19.8 Å². The summed E-state index contributed by atoms with van der Waals surface area (Å²) < 4.78 is 53.8. The second-order valence-electron chi connectivity index (χ2n) is 4.69. The topological polar surface area (TPSA) is 134 Å². The van der Waals surface area contributed by atoms with Gasteiger partial charge in [0.05, 0.1) is 22.4 Å². The van der Waals surface area contributed by atoms with Crippen LogP contribution in [-0.4, -0.2) is 46.6 Å². The van der Waals surface area contributed by atoms with Gasteiger partial charge < -0.3 is 29.9 Å². The molecule has 0 atom stereocenters. The molecule has 0 spiro atoms. The van der Waals surface area contributed by atoms with Crippen LogP contribution in [0.3, 0.4) is 0 Å². The van der Waals surface area contributed by atoms with Crippen LogP contribution in [0.25, 0.3) is 12.1 Å². The predicted octanol–water partition coefficient (Wildman–Crippen LogP) is 3.00. The molecule has 0 aliphatic heterocycles. The first kappa shape index (κ1) is 14.2. The summed E-state index contributed by atoms with van der Waals surface area (Å²) in [7, 11) is 2.61. The third-order valence-corrected chi connectivity index (χ3v) is 2.82. The molecule has 0 aliphatic rings. The molecule has 0 bridgehead atoms. The van der Waals surface area contributed by atoms with Crippen LogP contribution in [-0.2, 0) is 9.59 Å². The number of aromatic hydroxyl groups is 2. The highest BCUT2D eigenvalue weighted by molar-refractivity contribution is 5.85. The van der Waals surface area contributed by atoms with Crippen molar-refractivity contribution in [2.24, 2.45) is 0 Å². The lowest BCUT2D eigenvalue weighted by molar-refractivity contribution is -0.132. The zero-order valence-corrected chi connectivity index (χ0v) is 14.7. The Labute approximate surface area is 169 Å². The molecule has 0 saturated heterocycles. The number of phenolic OH excluding ortho intramolecular Hbond substituents is 2. The van der Waals surface area contributed by atoms with E-state index in [-0.39, 0.29) is 22.6 Å². The van der Waals surface area contributed by atoms with E-state index in [1.165, 1.54) is 38.5 Å². The van der Waals surface area contributed by atoms with Gasteiger partial charge in [-0.3, -0.25) is 0 Å². The molecule has 0 unspecified atom stereocenters. The third-order valence-electron chi connectivity index (χ3n) is 2.82. The van der Waals surface area contributed by atoms with Crippen molar-refractivity contribution in [1.29, 1.82) is 0 Å². The van der Waals surface area contributed by atoms with Gasteiger partial charge >= 0.3 is 11.9 Å². The van der Waals surface area contributed by atoms with Gasteiger partial charge in [-0.25, -0.2) is 9.59 Å². The Kier molecular flexibility index (Phi) is 5.52. The van der Waals surface area contributed by atoms with Crippen LogP contribution in [0.5, 0.6) is 23.0 Å². The fourth-order valence-electron chi connectivity index (χ4n) is 1.65. The second-order valence-corrected chi connectivity index (χ2v) is 4.69. The largest absolute Gasteiger partial charge is 0.504 e. The van der Waals surface area contributed by atoms with Crippen molar-refractivity contribution in [2.75, 3.05) is 14.2 Å². The monoisotopic (exact) mass is 394 g/mol. The summed E-state index contributed by atoms with van der Waals surface area (Å²) in [6.07, 6.45) is 0. The zero-order valence-electron chi connectivity index (χ0n) is 20.7. The molecule has 0 aromatic heterocycles. The van der Waals surface area contributed by atoms with Crippen molar-refractivity contribution in [3.05, 3.63) is 59.6 Å². The molecule has 0 amide bonds. The molecule has 0 saturated carbocycles. The zero-order chi connectivity index (χ0) is 26.3. The van der Waals surface area contributed by atoms with E-state index in [0.717, 1.165) is 0 Å². The summed E-state index contributed by atoms with van der Waals surface area (Å²) in [6.45, 7) is 0. The van der Waals surface area contributed by atoms with Crippen molar-refractivity contribution in [3.63, 3.8) is 0 Å². The fraction of sp³-hybridized carbons (Fsp3) is 0.100. The first-order chi connectivity index (χ1) is 15.8. The minimum Gasteiger partial charge on any atom is -0.504 e. The summed E-state index contributed by atoms with van der Waals surface area (Å²) in [5, 5.41) is 36.2. The number of methoxy groups -OCH3 is 2. The molecule has 0 radical (unpaired) electrons. The Balaban J connectivity index is 0.000000340. The number of rotatable bonds is 6. The first-order valence-corrected chi connectivity index (χ1v) is 7.35. The van der Waals surface area contributed by atoms with Crippen LogP contribution in [0, 0.1) is 0 Å². The van der Waals surface area contributed by atoms with Gasteiger partial charge in [-0.15, -0.1) is 0 Å². The second kappa shape index (κ2) is 10.9. The smallest absolute Gasteiger partial charge is 0.328 e. The Morgan fingerprint density at radius 1 is 0.857 bits per heavy atom. The van der Waals surface area contributed by atoms with Gasteiger partial charge in [0.1, 0.15) is 0 Å². The summed E-state index contributed by atoms with van der Waals surface area (Å²) >= 11 is 0. The molecule has 0 aliphatic carbocycles. The van der Waals surface area contributed by atoms with Gasteiger partial charge in [0.2, 0.25) is 0 Å². The van der Waals surface area contributed by atoms with E-state index in [1.807, 2.05) is 0 Å². The summed E-state index contributed by atoms with van der Waals surface area (Å²) in [6, 6.07) is 1.05. The van der Waals surface area contributed by atoms with E-state index in [4.69, 9.17) is 27.9 Å². The standard InChI is InChI=1S/2C10H10O4/c2*1-14-9-4-2-7(6-8(9)11)3-5-10(12)13/h2*2-6,11H,1H3,(H,12,13)/b5-3+;/i2*3D,5D,6D. The van der Waals surface area contributed by atoms with Crippen molar-refractivity contribution in [3.8, 4) is 23.0 Å². The molecule has 8 heteroatoms. The van der Waals surface area contributed by atoms with Crippen molar-refractivity contribution in [1.82, 2.24) is 0 Å². The minimum absolute atomic E-state index is 0.0494. The van der Waals surface area contributed by atoms with Gasteiger partial charge in [-0.05, 0) is 47.4 Å². The van der Waals surface area contributed by atoms with Crippen LogP contribution < -0.4 is 9.47 Å². The third kappa shape index (κ3) is 7.52. The van der Waals surface area contributed by atoms with Gasteiger partial charge in [0, 0.05) is 12.1 Å². The van der Waals surface area contributed by atoms with Crippen LogP contribution in [0.1, 0.15) is 19.4 Å². The maximum absolute atomic E-state index is 10.5. The number of carboxylic acids is 2. The Morgan fingerprint density at radius 3 is 1.50 bits per heavy atom. The van der Waals surface area contributed by atoms with Gasteiger partial charge in [-0.2, -0.15) is 0 Å². The number of carbonyl (C=O) groups is 2. The highest BCUT2D eigenvalue weighted by Crippen LogP contribution is 2.27. The Morgan fingerprint density at radius 2 is 1.21 bits per heavy atom. The maximum atomic E-state index is 10.5. The minimum atomic E-state index is -1.57. The van der Waals surface area contributed by atoms with Crippen LogP contribution in [0.2, 0.25) is 0 Å². The molecule has 8 nitrogen and oxygen atoms in total. The molecule has 4 N–H and O–H groups in total. The van der Waals surface area contributed by atoms with E-state index >= 15 is 0 Å². The average Bonchev–Trinajstić information content (AvgIpc) is 2.80. The number of benzene rings is 2. The number of phenols is 2. The first-order valence-electron chi connectivity index (χ1n) is 10.3. The number of ether oxygens (including phenoxy) is 2. The van der Waals surface area contributed by atoms with Crippen molar-refractivity contribution >= 4 is 24.0 Å². The highest BCUT2D eigenvalue weighted by atomic mass is 16.5. The van der Waals surface area contributed by atoms with Gasteiger partial charge in [0.15, 0.2) is 23.0 Å². The summed E-state index contributed by atoms with van der Waals surface area (Å²) in [4.78, 5) is 21.0. The number of aliphatic carboxylic acids is 2. The van der Waals surface area contributed by atoms with E-state index in [1.54, 1.807) is 0 Å². The molecular formula is C20H20O8. The average molecular weight is 394 g/mol. The maximum Gasteiger partial charge on any atom is 0.328 e. The Hall–Kier alpha value is -3.94. The van der Waals surface area contributed by atoms with Crippen LogP contribution >= 0.6 is 0 Å². The molecule has 0 fully saturated rings. The SMILES string of the molecule is [2H]/C(C(=O)O)=C(/[2H])c1ccc(OC)c(O)c1[2H].[2H]C(C(=O)O)=C([2H])c1ccc(OC)c(O)c1[2H]. The fourth-order valence-corrected chi connectivity index (χ4v) is 1.65. The lowest BCUT2D eigenvalue weighted by atomic mass is 10.2. The van der Waals surface area contributed by atoms with E-state index < -0.39 is 59.7 Å². The molecule has 2 rings (SSSR count).